The van der Waals surface area contributed by atoms with Crippen molar-refractivity contribution in [2.75, 3.05) is 13.1 Å². The highest BCUT2D eigenvalue weighted by atomic mass is 79.9. The molecule has 1 aliphatic rings. The highest BCUT2D eigenvalue weighted by Gasteiger charge is 2.41. The quantitative estimate of drug-likeness (QED) is 0.869. The molecule has 2 N–H and O–H groups in total. The van der Waals surface area contributed by atoms with E-state index in [4.69, 9.17) is 5.73 Å². The molecule has 1 heterocycles. The number of hydrogen-bond acceptors (Lipinski definition) is 3. The van der Waals surface area contributed by atoms with Gasteiger partial charge < -0.3 is 10.6 Å². The molecule has 0 fully saturated rings. The largest absolute Gasteiger partial charge is 0.370 e. The first-order chi connectivity index (χ1) is 8.64. The summed E-state index contributed by atoms with van der Waals surface area (Å²) in [5, 5.41) is 0. The Morgan fingerprint density at radius 1 is 1.50 bits per heavy atom. The minimum atomic E-state index is -0.126. The third-order valence-electron chi connectivity index (χ3n) is 3.57. The van der Waals surface area contributed by atoms with Gasteiger partial charge in [0, 0.05) is 11.0 Å². The number of benzene rings is 1. The number of nitrogens with zero attached hydrogens (tertiary/aromatic N) is 2. The molecule has 1 aromatic rings. The van der Waals surface area contributed by atoms with Crippen LogP contribution >= 0.6 is 15.9 Å². The van der Waals surface area contributed by atoms with Gasteiger partial charge >= 0.3 is 0 Å². The molecular weight excluding hydrogens is 290 g/mol. The molecule has 96 valence electrons. The maximum Gasteiger partial charge on any atom is 0.192 e. The third kappa shape index (κ3) is 2.05. The van der Waals surface area contributed by atoms with E-state index in [1.54, 1.807) is 0 Å². The van der Waals surface area contributed by atoms with Crippen LogP contribution in [0.25, 0.3) is 0 Å². The lowest BCUT2D eigenvalue weighted by molar-refractivity contribution is 0.211. The van der Waals surface area contributed by atoms with Crippen LogP contribution in [0.2, 0.25) is 0 Å². The molecule has 1 aliphatic heterocycles. The normalized spacial score (nSPS) is 23.0. The van der Waals surface area contributed by atoms with Crippen molar-refractivity contribution in [3.8, 4) is 0 Å². The second-order valence-electron chi connectivity index (χ2n) is 4.47. The van der Waals surface area contributed by atoms with Crippen LogP contribution in [0.5, 0.6) is 0 Å². The molecule has 0 bridgehead atoms. The molecule has 1 atom stereocenters. The van der Waals surface area contributed by atoms with Crippen LogP contribution in [0.15, 0.2) is 46.4 Å². The van der Waals surface area contributed by atoms with E-state index in [-0.39, 0.29) is 5.54 Å². The minimum absolute atomic E-state index is 0.126. The average Bonchev–Trinajstić information content (AvgIpc) is 2.70. The zero-order valence-corrected chi connectivity index (χ0v) is 12.2. The summed E-state index contributed by atoms with van der Waals surface area (Å²) < 4.78 is 1.08. The molecule has 0 amide bonds. The van der Waals surface area contributed by atoms with E-state index in [1.807, 2.05) is 6.08 Å². The summed E-state index contributed by atoms with van der Waals surface area (Å²) in [5.74, 6) is 0.611. The first kappa shape index (κ1) is 13.1. The summed E-state index contributed by atoms with van der Waals surface area (Å²) in [6, 6.07) is 8.40. The van der Waals surface area contributed by atoms with Gasteiger partial charge in [0.15, 0.2) is 5.96 Å². The number of nitrogens with two attached hydrogens (primary N) is 1. The fraction of sp³-hybridized carbons (Fsp3) is 0.357. The Balaban J connectivity index is 2.42. The predicted octanol–water partition coefficient (Wildman–Crippen LogP) is 2.87. The molecule has 0 aromatic heterocycles. The number of hydrogen-bond donors (Lipinski definition) is 1. The number of aliphatic imine (C=N–C) groups is 1. The van der Waals surface area contributed by atoms with Crippen LogP contribution in [-0.2, 0) is 5.54 Å². The van der Waals surface area contributed by atoms with E-state index in [0.717, 1.165) is 17.4 Å². The van der Waals surface area contributed by atoms with Crippen LogP contribution < -0.4 is 5.73 Å². The van der Waals surface area contributed by atoms with Gasteiger partial charge in [0.05, 0.1) is 12.1 Å². The molecular formula is C14H18BrN3. The Hall–Kier alpha value is -1.29. The van der Waals surface area contributed by atoms with E-state index < -0.39 is 0 Å². The van der Waals surface area contributed by atoms with Gasteiger partial charge in [0.2, 0.25) is 0 Å². The van der Waals surface area contributed by atoms with Crippen LogP contribution in [0.1, 0.15) is 18.9 Å². The average molecular weight is 308 g/mol. The standard InChI is InChI=1S/C14H18BrN3/c1-3-9-18-13(16)17-10-14(18,4-2)11-5-7-12(15)8-6-11/h3,5-8H,1,4,9-10H2,2H3,(H2,16,17). The van der Waals surface area contributed by atoms with Crippen LogP contribution in [0, 0.1) is 0 Å². The molecule has 1 unspecified atom stereocenters. The number of halogens is 1. The lowest BCUT2D eigenvalue weighted by atomic mass is 9.86. The summed E-state index contributed by atoms with van der Waals surface area (Å²) in [5.41, 5.74) is 7.13. The fourth-order valence-electron chi connectivity index (χ4n) is 2.51. The van der Waals surface area contributed by atoms with Gasteiger partial charge in [-0.15, -0.1) is 6.58 Å². The van der Waals surface area contributed by atoms with Crippen LogP contribution in [-0.4, -0.2) is 23.9 Å². The maximum absolute atomic E-state index is 6.00. The Bertz CT molecular complexity index is 466. The number of guanidine groups is 1. The van der Waals surface area contributed by atoms with Gasteiger partial charge in [0.1, 0.15) is 0 Å². The molecule has 0 aliphatic carbocycles. The van der Waals surface area contributed by atoms with Gasteiger partial charge in [-0.1, -0.05) is 41.1 Å². The summed E-state index contributed by atoms with van der Waals surface area (Å²) in [6.07, 6.45) is 2.84. The third-order valence-corrected chi connectivity index (χ3v) is 4.10. The topological polar surface area (TPSA) is 41.6 Å². The lowest BCUT2D eigenvalue weighted by Gasteiger charge is -2.38. The monoisotopic (exact) mass is 307 g/mol. The fourth-order valence-corrected chi connectivity index (χ4v) is 2.78. The SMILES string of the molecule is C=CCN1C(N)=NCC1(CC)c1ccc(Br)cc1. The van der Waals surface area contributed by atoms with E-state index >= 15 is 0 Å². The van der Waals surface area contributed by atoms with Gasteiger partial charge in [-0.2, -0.15) is 0 Å². The Kier molecular flexibility index (Phi) is 3.76. The molecule has 18 heavy (non-hydrogen) atoms. The van der Waals surface area contributed by atoms with Gasteiger partial charge in [-0.25, -0.2) is 0 Å². The van der Waals surface area contributed by atoms with Crippen molar-refractivity contribution in [2.45, 2.75) is 18.9 Å². The van der Waals surface area contributed by atoms with Gasteiger partial charge in [-0.05, 0) is 24.1 Å². The van der Waals surface area contributed by atoms with Gasteiger partial charge in [0.25, 0.3) is 0 Å². The summed E-state index contributed by atoms with van der Waals surface area (Å²) in [4.78, 5) is 6.56. The number of rotatable bonds is 4. The highest BCUT2D eigenvalue weighted by Crippen LogP contribution is 2.36. The molecule has 2 rings (SSSR count). The van der Waals surface area contributed by atoms with E-state index in [0.29, 0.717) is 12.5 Å². The molecule has 0 saturated carbocycles. The van der Waals surface area contributed by atoms with Crippen molar-refractivity contribution in [3.05, 3.63) is 47.0 Å². The molecule has 0 radical (unpaired) electrons. The van der Waals surface area contributed by atoms with Crippen LogP contribution in [0.4, 0.5) is 0 Å². The molecule has 0 spiro atoms. The van der Waals surface area contributed by atoms with Crippen molar-refractivity contribution in [1.82, 2.24) is 4.90 Å². The molecule has 0 saturated heterocycles. The zero-order valence-electron chi connectivity index (χ0n) is 10.6. The second kappa shape index (κ2) is 5.14. The predicted molar refractivity (Wildman–Crippen MR) is 79.5 cm³/mol. The van der Waals surface area contributed by atoms with Gasteiger partial charge in [-0.3, -0.25) is 4.99 Å². The summed E-state index contributed by atoms with van der Waals surface area (Å²) in [6.45, 7) is 7.41. The summed E-state index contributed by atoms with van der Waals surface area (Å²) >= 11 is 3.47. The van der Waals surface area contributed by atoms with E-state index in [1.165, 1.54) is 5.56 Å². The molecule has 1 aromatic carbocycles. The Labute approximate surface area is 117 Å². The minimum Gasteiger partial charge on any atom is -0.370 e. The smallest absolute Gasteiger partial charge is 0.192 e. The zero-order chi connectivity index (χ0) is 13.2. The van der Waals surface area contributed by atoms with E-state index in [2.05, 4.69) is 63.6 Å². The molecule has 4 heteroatoms. The first-order valence-corrected chi connectivity index (χ1v) is 6.88. The summed E-state index contributed by atoms with van der Waals surface area (Å²) in [7, 11) is 0. The lowest BCUT2D eigenvalue weighted by Crippen LogP contribution is -2.49. The van der Waals surface area contributed by atoms with Crippen molar-refractivity contribution in [3.63, 3.8) is 0 Å². The molecule has 3 nitrogen and oxygen atoms in total. The van der Waals surface area contributed by atoms with Crippen LogP contribution in [0.3, 0.4) is 0 Å². The first-order valence-electron chi connectivity index (χ1n) is 6.08. The Morgan fingerprint density at radius 3 is 2.72 bits per heavy atom. The van der Waals surface area contributed by atoms with Crippen molar-refractivity contribution < 1.29 is 0 Å². The van der Waals surface area contributed by atoms with Crippen molar-refractivity contribution >= 4 is 21.9 Å². The maximum atomic E-state index is 6.00. The van der Waals surface area contributed by atoms with E-state index in [9.17, 15) is 0 Å². The van der Waals surface area contributed by atoms with Crippen molar-refractivity contribution in [1.29, 1.82) is 0 Å². The Morgan fingerprint density at radius 2 is 2.17 bits per heavy atom. The second-order valence-corrected chi connectivity index (χ2v) is 5.38. The highest BCUT2D eigenvalue weighted by molar-refractivity contribution is 9.10. The van der Waals surface area contributed by atoms with Crippen molar-refractivity contribution in [2.24, 2.45) is 10.7 Å².